The molecule has 1 aromatic carbocycles. The van der Waals surface area contributed by atoms with E-state index in [4.69, 9.17) is 0 Å². The van der Waals surface area contributed by atoms with Crippen molar-refractivity contribution >= 4 is 17.5 Å². The van der Waals surface area contributed by atoms with Crippen molar-refractivity contribution in [1.29, 1.82) is 0 Å². The summed E-state index contributed by atoms with van der Waals surface area (Å²) in [6.45, 7) is 10.3. The third-order valence-electron chi connectivity index (χ3n) is 4.29. The van der Waals surface area contributed by atoms with E-state index in [1.54, 1.807) is 4.90 Å². The molecule has 4 nitrogen and oxygen atoms in total. The van der Waals surface area contributed by atoms with Crippen molar-refractivity contribution in [2.45, 2.75) is 47.0 Å². The molecule has 1 atom stereocenters. The Hall–Kier alpha value is -1.84. The van der Waals surface area contributed by atoms with Crippen LogP contribution in [0.3, 0.4) is 0 Å². The molecule has 1 unspecified atom stereocenters. The van der Waals surface area contributed by atoms with Gasteiger partial charge >= 0.3 is 0 Å². The van der Waals surface area contributed by atoms with Gasteiger partial charge in [-0.2, -0.15) is 0 Å². The zero-order valence-electron chi connectivity index (χ0n) is 14.8. The second-order valence-corrected chi connectivity index (χ2v) is 6.58. The van der Waals surface area contributed by atoms with Gasteiger partial charge in [-0.15, -0.1) is 0 Å². The zero-order chi connectivity index (χ0) is 17.0. The molecule has 0 N–H and O–H groups in total. The molecule has 0 radical (unpaired) electrons. The lowest BCUT2D eigenvalue weighted by Crippen LogP contribution is -2.38. The molecule has 0 bridgehead atoms. The fourth-order valence-corrected chi connectivity index (χ4v) is 3.36. The molecule has 0 spiro atoms. The second kappa shape index (κ2) is 7.62. The van der Waals surface area contributed by atoms with Crippen molar-refractivity contribution in [3.63, 3.8) is 0 Å². The molecule has 1 aliphatic rings. The topological polar surface area (TPSA) is 40.6 Å². The van der Waals surface area contributed by atoms with Crippen molar-refractivity contribution in [2.75, 3.05) is 24.5 Å². The van der Waals surface area contributed by atoms with Gasteiger partial charge < -0.3 is 9.80 Å². The highest BCUT2D eigenvalue weighted by atomic mass is 16.2. The predicted molar refractivity (Wildman–Crippen MR) is 93.5 cm³/mol. The van der Waals surface area contributed by atoms with Crippen LogP contribution in [0, 0.1) is 19.8 Å². The van der Waals surface area contributed by atoms with Gasteiger partial charge in [-0.1, -0.05) is 19.9 Å². The van der Waals surface area contributed by atoms with Gasteiger partial charge in [0.2, 0.25) is 11.8 Å². The first-order valence-electron chi connectivity index (χ1n) is 8.63. The molecule has 0 aromatic heterocycles. The quantitative estimate of drug-likeness (QED) is 0.808. The zero-order valence-corrected chi connectivity index (χ0v) is 14.8. The number of hydrogen-bond donors (Lipinski definition) is 0. The minimum Gasteiger partial charge on any atom is -0.342 e. The molecule has 1 aliphatic heterocycles. The third kappa shape index (κ3) is 4.12. The van der Waals surface area contributed by atoms with Crippen LogP contribution < -0.4 is 4.90 Å². The Morgan fingerprint density at radius 1 is 1.13 bits per heavy atom. The van der Waals surface area contributed by atoms with E-state index < -0.39 is 0 Å². The first-order chi connectivity index (χ1) is 11.0. The molecule has 23 heavy (non-hydrogen) atoms. The van der Waals surface area contributed by atoms with Gasteiger partial charge in [0.25, 0.3) is 0 Å². The summed E-state index contributed by atoms with van der Waals surface area (Å²) < 4.78 is 0. The molecule has 2 rings (SSSR count). The summed E-state index contributed by atoms with van der Waals surface area (Å²) >= 11 is 0. The third-order valence-corrected chi connectivity index (χ3v) is 4.29. The number of amides is 2. The van der Waals surface area contributed by atoms with Crippen molar-refractivity contribution < 1.29 is 9.59 Å². The summed E-state index contributed by atoms with van der Waals surface area (Å²) in [7, 11) is 0. The number of anilines is 1. The number of carbonyl (C=O) groups is 2. The highest BCUT2D eigenvalue weighted by Crippen LogP contribution is 2.28. The van der Waals surface area contributed by atoms with Crippen LogP contribution in [-0.2, 0) is 9.59 Å². The van der Waals surface area contributed by atoms with Crippen LogP contribution >= 0.6 is 0 Å². The average Bonchev–Trinajstić information content (AvgIpc) is 2.87. The van der Waals surface area contributed by atoms with Gasteiger partial charge in [0.1, 0.15) is 0 Å². The summed E-state index contributed by atoms with van der Waals surface area (Å²) in [4.78, 5) is 28.8. The number of carbonyl (C=O) groups excluding carboxylic acids is 2. The molecule has 4 heteroatoms. The number of rotatable bonds is 6. The van der Waals surface area contributed by atoms with Crippen LogP contribution in [0.1, 0.15) is 44.2 Å². The van der Waals surface area contributed by atoms with E-state index in [9.17, 15) is 9.59 Å². The molecule has 126 valence electrons. The number of nitrogens with zero attached hydrogens (tertiary/aromatic N) is 2. The second-order valence-electron chi connectivity index (χ2n) is 6.58. The summed E-state index contributed by atoms with van der Waals surface area (Å²) in [6, 6.07) is 6.14. The fraction of sp³-hybridized carbons (Fsp3) is 0.579. The van der Waals surface area contributed by atoms with Crippen LogP contribution in [0.2, 0.25) is 0 Å². The first kappa shape index (κ1) is 17.5. The Morgan fingerprint density at radius 3 is 2.22 bits per heavy atom. The lowest BCUT2D eigenvalue weighted by Gasteiger charge is -2.25. The van der Waals surface area contributed by atoms with Gasteiger partial charge in [0.05, 0.1) is 5.92 Å². The minimum atomic E-state index is -0.207. The summed E-state index contributed by atoms with van der Waals surface area (Å²) in [5.41, 5.74) is 3.20. The predicted octanol–water partition coefficient (Wildman–Crippen LogP) is 3.30. The highest BCUT2D eigenvalue weighted by Gasteiger charge is 2.36. The Morgan fingerprint density at radius 2 is 1.70 bits per heavy atom. The van der Waals surface area contributed by atoms with E-state index >= 15 is 0 Å². The number of aryl methyl sites for hydroxylation is 2. The van der Waals surface area contributed by atoms with Crippen molar-refractivity contribution in [1.82, 2.24) is 4.90 Å². The van der Waals surface area contributed by atoms with E-state index in [-0.39, 0.29) is 17.7 Å². The lowest BCUT2D eigenvalue weighted by molar-refractivity contribution is -0.135. The summed E-state index contributed by atoms with van der Waals surface area (Å²) in [5.74, 6) is -0.0170. The van der Waals surface area contributed by atoms with Gasteiger partial charge in [-0.25, -0.2) is 0 Å². The number of benzene rings is 1. The van der Waals surface area contributed by atoms with Crippen LogP contribution in [0.5, 0.6) is 0 Å². The normalized spacial score (nSPS) is 17.7. The van der Waals surface area contributed by atoms with Crippen LogP contribution in [0.25, 0.3) is 0 Å². The Labute approximate surface area is 139 Å². The average molecular weight is 316 g/mol. The van der Waals surface area contributed by atoms with Crippen molar-refractivity contribution in [2.24, 2.45) is 5.92 Å². The first-order valence-corrected chi connectivity index (χ1v) is 8.63. The standard InChI is InChI=1S/C19H28N2O2/c1-5-7-20(8-6-2)19(23)16-12-18(22)21(13-16)17-10-14(3)9-15(4)11-17/h9-11,16H,5-8,12-13H2,1-4H3. The molecule has 1 fully saturated rings. The van der Waals surface area contributed by atoms with Gasteiger partial charge in [-0.3, -0.25) is 9.59 Å². The van der Waals surface area contributed by atoms with Crippen molar-refractivity contribution in [3.8, 4) is 0 Å². The van der Waals surface area contributed by atoms with E-state index in [1.165, 1.54) is 0 Å². The highest BCUT2D eigenvalue weighted by molar-refractivity contribution is 6.00. The maximum Gasteiger partial charge on any atom is 0.228 e. The Bertz CT molecular complexity index is 556. The molecular weight excluding hydrogens is 288 g/mol. The van der Waals surface area contributed by atoms with E-state index in [1.807, 2.05) is 30.9 Å². The van der Waals surface area contributed by atoms with E-state index in [2.05, 4.69) is 19.9 Å². The monoisotopic (exact) mass is 316 g/mol. The molecule has 2 amide bonds. The smallest absolute Gasteiger partial charge is 0.228 e. The summed E-state index contributed by atoms with van der Waals surface area (Å²) in [5, 5.41) is 0. The molecule has 1 heterocycles. The van der Waals surface area contributed by atoms with Crippen molar-refractivity contribution in [3.05, 3.63) is 29.3 Å². The Kier molecular flexibility index (Phi) is 5.80. The maximum absolute atomic E-state index is 12.7. The molecular formula is C19H28N2O2. The fourth-order valence-electron chi connectivity index (χ4n) is 3.36. The number of hydrogen-bond acceptors (Lipinski definition) is 2. The van der Waals surface area contributed by atoms with Crippen LogP contribution in [0.4, 0.5) is 5.69 Å². The minimum absolute atomic E-state index is 0.0568. The largest absolute Gasteiger partial charge is 0.342 e. The van der Waals surface area contributed by atoms with Gasteiger partial charge in [0, 0.05) is 31.7 Å². The van der Waals surface area contributed by atoms with E-state index in [0.29, 0.717) is 13.0 Å². The van der Waals surface area contributed by atoms with E-state index in [0.717, 1.165) is 42.7 Å². The lowest BCUT2D eigenvalue weighted by atomic mass is 10.1. The SMILES string of the molecule is CCCN(CCC)C(=O)C1CC(=O)N(c2cc(C)cc(C)c2)C1. The van der Waals surface area contributed by atoms with Gasteiger partial charge in [-0.05, 0) is 49.9 Å². The molecule has 0 saturated carbocycles. The summed E-state index contributed by atoms with van der Waals surface area (Å²) in [6.07, 6.45) is 2.23. The van der Waals surface area contributed by atoms with Gasteiger partial charge in [0.15, 0.2) is 0 Å². The molecule has 1 saturated heterocycles. The Balaban J connectivity index is 2.13. The van der Waals surface area contributed by atoms with Crippen LogP contribution in [0.15, 0.2) is 18.2 Å². The maximum atomic E-state index is 12.7. The van der Waals surface area contributed by atoms with Crippen LogP contribution in [-0.4, -0.2) is 36.3 Å². The molecule has 1 aromatic rings. The molecule has 0 aliphatic carbocycles.